The number of aryl methyl sites for hydroxylation is 1. The van der Waals surface area contributed by atoms with Crippen molar-refractivity contribution >= 4 is 17.0 Å². The SMILES string of the molecule is Cc1ccc(F)cc1NCC(O)c1cccs1. The van der Waals surface area contributed by atoms with E-state index in [4.69, 9.17) is 0 Å². The number of halogens is 1. The van der Waals surface area contributed by atoms with Gasteiger partial charge in [-0.2, -0.15) is 0 Å². The van der Waals surface area contributed by atoms with Crippen molar-refractivity contribution in [3.63, 3.8) is 0 Å². The molecule has 0 fully saturated rings. The summed E-state index contributed by atoms with van der Waals surface area (Å²) in [5, 5.41) is 14.9. The van der Waals surface area contributed by atoms with Crippen LogP contribution in [0.2, 0.25) is 0 Å². The van der Waals surface area contributed by atoms with Crippen molar-refractivity contribution in [2.75, 3.05) is 11.9 Å². The van der Waals surface area contributed by atoms with Gasteiger partial charge in [0.15, 0.2) is 0 Å². The molecule has 0 aliphatic heterocycles. The third-order valence-electron chi connectivity index (χ3n) is 2.56. The van der Waals surface area contributed by atoms with Crippen molar-refractivity contribution in [2.45, 2.75) is 13.0 Å². The predicted molar refractivity (Wildman–Crippen MR) is 68.9 cm³/mol. The van der Waals surface area contributed by atoms with Crippen LogP contribution in [0.3, 0.4) is 0 Å². The molecule has 2 nitrogen and oxygen atoms in total. The maximum Gasteiger partial charge on any atom is 0.125 e. The summed E-state index contributed by atoms with van der Waals surface area (Å²) in [5.41, 5.74) is 1.69. The zero-order chi connectivity index (χ0) is 12.3. The number of benzene rings is 1. The average Bonchev–Trinajstić information content (AvgIpc) is 2.83. The molecule has 17 heavy (non-hydrogen) atoms. The molecule has 0 amide bonds. The van der Waals surface area contributed by atoms with E-state index in [0.717, 1.165) is 16.1 Å². The molecule has 0 aliphatic rings. The third kappa shape index (κ3) is 3.05. The van der Waals surface area contributed by atoms with Gasteiger partial charge in [0, 0.05) is 17.1 Å². The molecule has 1 atom stereocenters. The molecule has 2 N–H and O–H groups in total. The maximum absolute atomic E-state index is 13.0. The second-order valence-electron chi connectivity index (χ2n) is 3.87. The van der Waals surface area contributed by atoms with E-state index in [1.165, 1.54) is 23.5 Å². The fourth-order valence-electron chi connectivity index (χ4n) is 1.57. The predicted octanol–water partition coefficient (Wildman–Crippen LogP) is 3.34. The van der Waals surface area contributed by atoms with Crippen molar-refractivity contribution in [3.8, 4) is 0 Å². The molecule has 0 bridgehead atoms. The van der Waals surface area contributed by atoms with Crippen LogP contribution in [0, 0.1) is 12.7 Å². The van der Waals surface area contributed by atoms with Gasteiger partial charge in [0.25, 0.3) is 0 Å². The zero-order valence-corrected chi connectivity index (χ0v) is 10.3. The highest BCUT2D eigenvalue weighted by atomic mass is 32.1. The van der Waals surface area contributed by atoms with Gasteiger partial charge in [-0.05, 0) is 36.1 Å². The van der Waals surface area contributed by atoms with Crippen molar-refractivity contribution in [3.05, 3.63) is 52.0 Å². The summed E-state index contributed by atoms with van der Waals surface area (Å²) in [6, 6.07) is 8.37. The molecule has 0 saturated carbocycles. The van der Waals surface area contributed by atoms with Crippen LogP contribution in [-0.4, -0.2) is 11.7 Å². The van der Waals surface area contributed by atoms with Crippen LogP contribution >= 0.6 is 11.3 Å². The summed E-state index contributed by atoms with van der Waals surface area (Å²) in [4.78, 5) is 0.909. The molecule has 2 rings (SSSR count). The number of aliphatic hydroxyl groups is 1. The lowest BCUT2D eigenvalue weighted by Crippen LogP contribution is -2.11. The minimum Gasteiger partial charge on any atom is -0.386 e. The Morgan fingerprint density at radius 2 is 2.24 bits per heavy atom. The summed E-state index contributed by atoms with van der Waals surface area (Å²) in [6.45, 7) is 2.28. The molecule has 2 aromatic rings. The molecule has 4 heteroatoms. The van der Waals surface area contributed by atoms with Gasteiger partial charge >= 0.3 is 0 Å². The molecule has 0 spiro atoms. The smallest absolute Gasteiger partial charge is 0.125 e. The van der Waals surface area contributed by atoms with Gasteiger partial charge in [0.2, 0.25) is 0 Å². The summed E-state index contributed by atoms with van der Waals surface area (Å²) >= 11 is 1.51. The minimum absolute atomic E-state index is 0.274. The molecular weight excluding hydrogens is 237 g/mol. The van der Waals surface area contributed by atoms with Gasteiger partial charge in [-0.1, -0.05) is 12.1 Å². The highest BCUT2D eigenvalue weighted by Crippen LogP contribution is 2.21. The van der Waals surface area contributed by atoms with Crippen LogP contribution in [-0.2, 0) is 0 Å². The van der Waals surface area contributed by atoms with Crippen molar-refractivity contribution in [2.24, 2.45) is 0 Å². The van der Waals surface area contributed by atoms with Crippen molar-refractivity contribution < 1.29 is 9.50 Å². The molecule has 0 radical (unpaired) electrons. The molecule has 0 aliphatic carbocycles. The van der Waals surface area contributed by atoms with Crippen LogP contribution in [0.25, 0.3) is 0 Å². The highest BCUT2D eigenvalue weighted by molar-refractivity contribution is 7.10. The van der Waals surface area contributed by atoms with E-state index in [9.17, 15) is 9.50 Å². The monoisotopic (exact) mass is 251 g/mol. The lowest BCUT2D eigenvalue weighted by Gasteiger charge is -2.13. The molecule has 1 aromatic heterocycles. The summed E-state index contributed by atoms with van der Waals surface area (Å²) in [6.07, 6.45) is -0.558. The zero-order valence-electron chi connectivity index (χ0n) is 9.48. The summed E-state index contributed by atoms with van der Waals surface area (Å²) in [7, 11) is 0. The molecule has 90 valence electrons. The van der Waals surface area contributed by atoms with Crippen molar-refractivity contribution in [1.82, 2.24) is 0 Å². The normalized spacial score (nSPS) is 12.4. The fourth-order valence-corrected chi connectivity index (χ4v) is 2.28. The van der Waals surface area contributed by atoms with Crippen LogP contribution < -0.4 is 5.32 Å². The Hall–Kier alpha value is -1.39. The average molecular weight is 251 g/mol. The first-order valence-electron chi connectivity index (χ1n) is 5.38. The molecule has 1 aromatic carbocycles. The van der Waals surface area contributed by atoms with Gasteiger partial charge in [-0.3, -0.25) is 0 Å². The summed E-state index contributed by atoms with van der Waals surface area (Å²) < 4.78 is 13.0. The Balaban J connectivity index is 2.00. The Morgan fingerprint density at radius 1 is 1.41 bits per heavy atom. The number of rotatable bonds is 4. The lowest BCUT2D eigenvalue weighted by atomic mass is 10.2. The van der Waals surface area contributed by atoms with E-state index >= 15 is 0 Å². The van der Waals surface area contributed by atoms with E-state index in [-0.39, 0.29) is 5.82 Å². The number of nitrogens with one attached hydrogen (secondary N) is 1. The fraction of sp³-hybridized carbons (Fsp3) is 0.231. The van der Waals surface area contributed by atoms with E-state index in [2.05, 4.69) is 5.32 Å². The number of hydrogen-bond acceptors (Lipinski definition) is 3. The first-order chi connectivity index (χ1) is 8.16. The van der Waals surface area contributed by atoms with Gasteiger partial charge in [-0.15, -0.1) is 11.3 Å². The third-order valence-corrected chi connectivity index (χ3v) is 3.53. The Kier molecular flexibility index (Phi) is 3.76. The number of hydrogen-bond donors (Lipinski definition) is 2. The van der Waals surface area contributed by atoms with Crippen LogP contribution in [0.5, 0.6) is 0 Å². The lowest BCUT2D eigenvalue weighted by molar-refractivity contribution is 0.195. The van der Waals surface area contributed by atoms with E-state index in [1.807, 2.05) is 24.4 Å². The minimum atomic E-state index is -0.558. The van der Waals surface area contributed by atoms with Crippen molar-refractivity contribution in [1.29, 1.82) is 0 Å². The number of anilines is 1. The van der Waals surface area contributed by atoms with Gasteiger partial charge < -0.3 is 10.4 Å². The van der Waals surface area contributed by atoms with Crippen LogP contribution in [0.1, 0.15) is 16.5 Å². The standard InChI is InChI=1S/C13H14FNOS/c1-9-4-5-10(14)7-11(9)15-8-12(16)13-3-2-6-17-13/h2-7,12,15-16H,8H2,1H3. The molecule has 1 heterocycles. The highest BCUT2D eigenvalue weighted by Gasteiger charge is 2.08. The first-order valence-corrected chi connectivity index (χ1v) is 6.26. The van der Waals surface area contributed by atoms with Crippen LogP contribution in [0.4, 0.5) is 10.1 Å². The van der Waals surface area contributed by atoms with E-state index < -0.39 is 6.10 Å². The van der Waals surface area contributed by atoms with Gasteiger partial charge in [-0.25, -0.2) is 4.39 Å². The van der Waals surface area contributed by atoms with E-state index in [1.54, 1.807) is 6.07 Å². The topological polar surface area (TPSA) is 32.3 Å². The Bertz CT molecular complexity index is 484. The second-order valence-corrected chi connectivity index (χ2v) is 4.85. The Labute approximate surface area is 104 Å². The first kappa shape index (κ1) is 12.1. The van der Waals surface area contributed by atoms with E-state index in [0.29, 0.717) is 6.54 Å². The largest absolute Gasteiger partial charge is 0.386 e. The number of thiophene rings is 1. The maximum atomic E-state index is 13.0. The molecule has 1 unspecified atom stereocenters. The number of aliphatic hydroxyl groups excluding tert-OH is 1. The second kappa shape index (κ2) is 5.29. The van der Waals surface area contributed by atoms with Crippen LogP contribution in [0.15, 0.2) is 35.7 Å². The quantitative estimate of drug-likeness (QED) is 0.873. The molecule has 0 saturated heterocycles. The Morgan fingerprint density at radius 3 is 2.94 bits per heavy atom. The van der Waals surface area contributed by atoms with Gasteiger partial charge in [0.1, 0.15) is 11.9 Å². The molecular formula is C13H14FNOS. The summed E-state index contributed by atoms with van der Waals surface area (Å²) in [5.74, 6) is -0.274. The van der Waals surface area contributed by atoms with Gasteiger partial charge in [0.05, 0.1) is 0 Å².